The average Bonchev–Trinajstić information content (AvgIpc) is 3.34. The molecule has 0 aliphatic carbocycles. The first-order chi connectivity index (χ1) is 17.7. The third-order valence-corrected chi connectivity index (χ3v) is 7.18. The van der Waals surface area contributed by atoms with Gasteiger partial charge in [0.05, 0.1) is 31.1 Å². The van der Waals surface area contributed by atoms with Crippen LogP contribution < -0.4 is 24.3 Å². The molecular formula is C25H30N6O5. The van der Waals surface area contributed by atoms with Crippen LogP contribution in [0, 0.1) is 5.92 Å². The molecule has 0 bridgehead atoms. The van der Waals surface area contributed by atoms with Gasteiger partial charge in [-0.15, -0.1) is 5.10 Å². The smallest absolute Gasteiger partial charge is 0.276 e. The van der Waals surface area contributed by atoms with E-state index in [1.54, 1.807) is 13.3 Å². The standard InChI is InChI=1S/C25H30N6O5/c1-33-22-3-2-19-24(28-22)23-16(14-36-21(23)10-27-19)12-31-5-4-18(15(11-31)13-32)26-9-17-8-20-25(30-29-17)35-7-6-34-20/h2-3,8,10,15-16,18,26,32H,4-7,9,11-14H2,1H3/t15-,16?,18-/m0/s1. The zero-order valence-electron chi connectivity index (χ0n) is 20.2. The molecule has 1 unspecified atom stereocenters. The number of methoxy groups -OCH3 is 1. The molecule has 3 aromatic heterocycles. The first-order valence-corrected chi connectivity index (χ1v) is 12.4. The van der Waals surface area contributed by atoms with Crippen molar-refractivity contribution >= 4 is 11.0 Å². The van der Waals surface area contributed by atoms with Crippen LogP contribution in [0.2, 0.25) is 0 Å². The quantitative estimate of drug-likeness (QED) is 0.491. The van der Waals surface area contributed by atoms with Crippen LogP contribution in [0.15, 0.2) is 24.4 Å². The molecule has 11 heteroatoms. The first kappa shape index (κ1) is 23.1. The Morgan fingerprint density at radius 1 is 1.17 bits per heavy atom. The second-order valence-electron chi connectivity index (χ2n) is 9.45. The topological polar surface area (TPSA) is 124 Å². The summed E-state index contributed by atoms with van der Waals surface area (Å²) in [4.78, 5) is 11.6. The van der Waals surface area contributed by atoms with E-state index in [9.17, 15) is 5.11 Å². The fourth-order valence-electron chi connectivity index (χ4n) is 5.35. The highest BCUT2D eigenvalue weighted by molar-refractivity contribution is 5.81. The van der Waals surface area contributed by atoms with Crippen molar-refractivity contribution in [2.24, 2.45) is 5.92 Å². The molecule has 3 aliphatic heterocycles. The van der Waals surface area contributed by atoms with E-state index in [1.165, 1.54) is 0 Å². The Bertz CT molecular complexity index is 1240. The van der Waals surface area contributed by atoms with Crippen LogP contribution in [0.25, 0.3) is 11.0 Å². The molecule has 0 saturated carbocycles. The zero-order valence-corrected chi connectivity index (χ0v) is 20.2. The summed E-state index contributed by atoms with van der Waals surface area (Å²) in [5.74, 6) is 2.74. The number of nitrogens with zero attached hydrogens (tertiary/aromatic N) is 5. The van der Waals surface area contributed by atoms with E-state index in [0.717, 1.165) is 54.1 Å². The van der Waals surface area contributed by atoms with Gasteiger partial charge in [-0.2, -0.15) is 5.10 Å². The van der Waals surface area contributed by atoms with E-state index in [1.807, 2.05) is 18.2 Å². The first-order valence-electron chi connectivity index (χ1n) is 12.4. The predicted octanol–water partition coefficient (Wildman–Crippen LogP) is 1.15. The largest absolute Gasteiger partial charge is 0.491 e. The number of pyridine rings is 2. The maximum absolute atomic E-state index is 10.2. The number of aliphatic hydroxyl groups excluding tert-OH is 1. The van der Waals surface area contributed by atoms with Crippen molar-refractivity contribution < 1.29 is 24.1 Å². The number of hydrogen-bond donors (Lipinski definition) is 2. The minimum absolute atomic E-state index is 0.109. The van der Waals surface area contributed by atoms with E-state index in [2.05, 4.69) is 30.4 Å². The van der Waals surface area contributed by atoms with Crippen molar-refractivity contribution in [3.8, 4) is 23.3 Å². The molecular weight excluding hydrogens is 464 g/mol. The highest BCUT2D eigenvalue weighted by Crippen LogP contribution is 2.39. The van der Waals surface area contributed by atoms with Crippen molar-refractivity contribution in [2.75, 3.05) is 53.2 Å². The minimum Gasteiger partial charge on any atom is -0.491 e. The van der Waals surface area contributed by atoms with E-state index >= 15 is 0 Å². The normalized spacial score (nSPS) is 23.3. The maximum Gasteiger partial charge on any atom is 0.276 e. The molecule has 3 aliphatic rings. The maximum atomic E-state index is 10.2. The lowest BCUT2D eigenvalue weighted by atomic mass is 9.91. The number of fused-ring (bicyclic) bond motifs is 4. The number of piperidine rings is 1. The van der Waals surface area contributed by atoms with Crippen LogP contribution in [-0.2, 0) is 6.54 Å². The number of hydrogen-bond acceptors (Lipinski definition) is 11. The van der Waals surface area contributed by atoms with Crippen molar-refractivity contribution in [3.05, 3.63) is 35.7 Å². The van der Waals surface area contributed by atoms with Gasteiger partial charge in [0.2, 0.25) is 5.88 Å². The second kappa shape index (κ2) is 10.00. The van der Waals surface area contributed by atoms with Gasteiger partial charge in [0.25, 0.3) is 5.88 Å². The molecule has 3 atom stereocenters. The molecule has 1 fully saturated rings. The second-order valence-corrected chi connectivity index (χ2v) is 9.45. The Kier molecular flexibility index (Phi) is 6.43. The Labute approximate surface area is 208 Å². The van der Waals surface area contributed by atoms with Gasteiger partial charge in [0, 0.05) is 61.8 Å². The number of aromatic nitrogens is 4. The number of aliphatic hydroxyl groups is 1. The zero-order chi connectivity index (χ0) is 24.5. The molecule has 3 aromatic rings. The van der Waals surface area contributed by atoms with Crippen molar-refractivity contribution in [1.29, 1.82) is 0 Å². The highest BCUT2D eigenvalue weighted by atomic mass is 16.6. The van der Waals surface area contributed by atoms with Crippen LogP contribution in [0.1, 0.15) is 23.6 Å². The lowest BCUT2D eigenvalue weighted by molar-refractivity contribution is 0.0833. The lowest BCUT2D eigenvalue weighted by Gasteiger charge is -2.39. The summed E-state index contributed by atoms with van der Waals surface area (Å²) in [7, 11) is 1.62. The Hall–Kier alpha value is -3.28. The van der Waals surface area contributed by atoms with Crippen molar-refractivity contribution in [2.45, 2.75) is 24.9 Å². The van der Waals surface area contributed by atoms with Gasteiger partial charge < -0.3 is 34.3 Å². The van der Waals surface area contributed by atoms with Crippen LogP contribution in [0.3, 0.4) is 0 Å². The third-order valence-electron chi connectivity index (χ3n) is 7.18. The molecule has 6 heterocycles. The summed E-state index contributed by atoms with van der Waals surface area (Å²) in [6.07, 6.45) is 2.71. The summed E-state index contributed by atoms with van der Waals surface area (Å²) in [6.45, 7) is 4.84. The Morgan fingerprint density at radius 2 is 2.08 bits per heavy atom. The number of likely N-dealkylation sites (tertiary alicyclic amines) is 1. The third kappa shape index (κ3) is 4.49. The number of ether oxygens (including phenoxy) is 4. The van der Waals surface area contributed by atoms with Crippen LogP contribution >= 0.6 is 0 Å². The molecule has 36 heavy (non-hydrogen) atoms. The number of rotatable bonds is 7. The van der Waals surface area contributed by atoms with Gasteiger partial charge in [-0.3, -0.25) is 4.98 Å². The van der Waals surface area contributed by atoms with Gasteiger partial charge in [-0.05, 0) is 19.0 Å². The molecule has 0 radical (unpaired) electrons. The molecule has 0 spiro atoms. The number of nitrogens with one attached hydrogen (secondary N) is 1. The van der Waals surface area contributed by atoms with Gasteiger partial charge >= 0.3 is 0 Å². The van der Waals surface area contributed by atoms with Crippen LogP contribution in [0.4, 0.5) is 0 Å². The lowest BCUT2D eigenvalue weighted by Crippen LogP contribution is -2.51. The molecule has 2 N–H and O–H groups in total. The van der Waals surface area contributed by atoms with Crippen LogP contribution in [0.5, 0.6) is 23.3 Å². The van der Waals surface area contributed by atoms with Gasteiger partial charge in [0.15, 0.2) is 5.75 Å². The average molecular weight is 495 g/mol. The SMILES string of the molecule is COc1ccc2ncc3c(c2n1)C(CN1CC[C@H](NCc2cc4c(nn2)OCCO4)[C@H](CO)C1)CO3. The molecule has 1 saturated heterocycles. The minimum atomic E-state index is 0.109. The van der Waals surface area contributed by atoms with Crippen molar-refractivity contribution in [3.63, 3.8) is 0 Å². The van der Waals surface area contributed by atoms with E-state index < -0.39 is 0 Å². The van der Waals surface area contributed by atoms with E-state index in [4.69, 9.17) is 18.9 Å². The Balaban J connectivity index is 1.10. The summed E-state index contributed by atoms with van der Waals surface area (Å²) < 4.78 is 22.4. The molecule has 0 amide bonds. The summed E-state index contributed by atoms with van der Waals surface area (Å²) in [5, 5.41) is 22.1. The monoisotopic (exact) mass is 494 g/mol. The summed E-state index contributed by atoms with van der Waals surface area (Å²) in [5.41, 5.74) is 3.56. The summed E-state index contributed by atoms with van der Waals surface area (Å²) in [6, 6.07) is 5.82. The predicted molar refractivity (Wildman–Crippen MR) is 130 cm³/mol. The van der Waals surface area contributed by atoms with Crippen LogP contribution in [-0.4, -0.2) is 89.4 Å². The van der Waals surface area contributed by atoms with E-state index in [-0.39, 0.29) is 24.5 Å². The Morgan fingerprint density at radius 3 is 2.97 bits per heavy atom. The fourth-order valence-corrected chi connectivity index (χ4v) is 5.35. The summed E-state index contributed by atoms with van der Waals surface area (Å²) >= 11 is 0. The van der Waals surface area contributed by atoms with E-state index in [0.29, 0.717) is 43.9 Å². The fraction of sp³-hybridized carbons (Fsp3) is 0.520. The molecule has 190 valence electrons. The van der Waals surface area contributed by atoms with Gasteiger partial charge in [0.1, 0.15) is 24.5 Å². The molecule has 11 nitrogen and oxygen atoms in total. The highest BCUT2D eigenvalue weighted by Gasteiger charge is 2.34. The van der Waals surface area contributed by atoms with Gasteiger partial charge in [-0.1, -0.05) is 0 Å². The van der Waals surface area contributed by atoms with Gasteiger partial charge in [-0.25, -0.2) is 4.98 Å². The molecule has 6 rings (SSSR count). The van der Waals surface area contributed by atoms with Crippen molar-refractivity contribution in [1.82, 2.24) is 30.4 Å². The molecule has 0 aromatic carbocycles.